The molecule has 5 nitrogen and oxygen atoms in total. The number of esters is 1. The number of unbranched alkanes of at least 4 members (excludes halogenated alkanes) is 1. The summed E-state index contributed by atoms with van der Waals surface area (Å²) in [7, 11) is 1.56. The van der Waals surface area contributed by atoms with Gasteiger partial charge < -0.3 is 18.9 Å². The molecule has 0 rings (SSSR count). The molecule has 0 aliphatic rings. The number of hydrogen-bond donors (Lipinski definition) is 0. The first-order valence-electron chi connectivity index (χ1n) is 7.77. The molecule has 0 aromatic carbocycles. The van der Waals surface area contributed by atoms with Crippen LogP contribution in [0.1, 0.15) is 26.2 Å². The Morgan fingerprint density at radius 3 is 2.14 bits per heavy atom. The molecule has 0 heterocycles. The summed E-state index contributed by atoms with van der Waals surface area (Å²) >= 11 is 0. The van der Waals surface area contributed by atoms with E-state index in [1.54, 1.807) is 7.11 Å². The molecule has 0 aromatic heterocycles. The summed E-state index contributed by atoms with van der Waals surface area (Å²) in [6.07, 6.45) is 2.90. The van der Waals surface area contributed by atoms with Gasteiger partial charge in [-0.25, -0.2) is 4.79 Å². The smallest absolute Gasteiger partial charge is 0.332 e. The minimum Gasteiger partial charge on any atom is -0.466 e. The monoisotopic (exact) mass is 332 g/mol. The average Bonchev–Trinajstić information content (AvgIpc) is 2.46. The molecule has 0 spiro atoms. The molecule has 130 valence electrons. The maximum atomic E-state index is 11.8. The summed E-state index contributed by atoms with van der Waals surface area (Å²) in [5, 5.41) is 1.29. The first-order chi connectivity index (χ1) is 10.3. The van der Waals surface area contributed by atoms with Crippen LogP contribution in [0.2, 0.25) is 19.6 Å². The van der Waals surface area contributed by atoms with Crippen molar-refractivity contribution in [2.75, 3.05) is 40.8 Å². The van der Waals surface area contributed by atoms with E-state index < -0.39 is 8.07 Å². The van der Waals surface area contributed by atoms with E-state index >= 15 is 0 Å². The second kappa shape index (κ2) is 11.8. The third-order valence-electron chi connectivity index (χ3n) is 3.41. The molecule has 6 heteroatoms. The van der Waals surface area contributed by atoms with Crippen LogP contribution in [0.5, 0.6) is 0 Å². The number of allylic oxidation sites excluding steroid dienone is 1. The zero-order valence-electron chi connectivity index (χ0n) is 15.0. The van der Waals surface area contributed by atoms with Gasteiger partial charge in [-0.05, 0) is 26.2 Å². The zero-order valence-corrected chi connectivity index (χ0v) is 16.0. The largest absolute Gasteiger partial charge is 0.466 e. The third-order valence-corrected chi connectivity index (χ3v) is 5.85. The van der Waals surface area contributed by atoms with Crippen molar-refractivity contribution in [3.05, 3.63) is 10.8 Å². The van der Waals surface area contributed by atoms with Crippen LogP contribution in [0.4, 0.5) is 0 Å². The maximum Gasteiger partial charge on any atom is 0.332 e. The van der Waals surface area contributed by atoms with Crippen molar-refractivity contribution >= 4 is 14.0 Å². The van der Waals surface area contributed by atoms with Gasteiger partial charge in [0.05, 0.1) is 28.4 Å². The van der Waals surface area contributed by atoms with Crippen LogP contribution in [0.15, 0.2) is 10.8 Å². The fourth-order valence-electron chi connectivity index (χ4n) is 2.23. The van der Waals surface area contributed by atoms with Crippen LogP contribution in [-0.4, -0.2) is 54.9 Å². The summed E-state index contributed by atoms with van der Waals surface area (Å²) in [6.45, 7) is 10.8. The lowest BCUT2D eigenvalue weighted by molar-refractivity contribution is -0.136. The fraction of sp³-hybridized carbons (Fsp3) is 0.812. The van der Waals surface area contributed by atoms with Crippen molar-refractivity contribution in [3.63, 3.8) is 0 Å². The van der Waals surface area contributed by atoms with Gasteiger partial charge in [-0.3, -0.25) is 0 Å². The van der Waals surface area contributed by atoms with Crippen molar-refractivity contribution < 1.29 is 23.7 Å². The standard InChI is InChI=1S/C16H32O5Si/c1-14(16(17)19-3)15(22(4,5)6)9-7-8-10-20-13-21-12-11-18-2/h7-13H2,1-6H3/b15-14-. The quantitative estimate of drug-likeness (QED) is 0.181. The van der Waals surface area contributed by atoms with E-state index in [9.17, 15) is 4.79 Å². The molecule has 0 aromatic rings. The van der Waals surface area contributed by atoms with Crippen molar-refractivity contribution in [3.8, 4) is 0 Å². The van der Waals surface area contributed by atoms with Gasteiger partial charge >= 0.3 is 5.97 Å². The van der Waals surface area contributed by atoms with E-state index in [1.807, 2.05) is 6.92 Å². The van der Waals surface area contributed by atoms with Crippen molar-refractivity contribution in [2.45, 2.75) is 45.8 Å². The molecular weight excluding hydrogens is 300 g/mol. The predicted octanol–water partition coefficient (Wildman–Crippen LogP) is 3.16. The van der Waals surface area contributed by atoms with Crippen molar-refractivity contribution in [1.82, 2.24) is 0 Å². The Bertz CT molecular complexity index is 347. The predicted molar refractivity (Wildman–Crippen MR) is 90.6 cm³/mol. The summed E-state index contributed by atoms with van der Waals surface area (Å²) in [5.74, 6) is -0.208. The Balaban J connectivity index is 4.10. The first-order valence-corrected chi connectivity index (χ1v) is 11.3. The molecule has 0 amide bonds. The van der Waals surface area contributed by atoms with E-state index in [-0.39, 0.29) is 5.97 Å². The summed E-state index contributed by atoms with van der Waals surface area (Å²) in [5.41, 5.74) is 0.783. The number of rotatable bonds is 12. The Labute approximate surface area is 136 Å². The van der Waals surface area contributed by atoms with Crippen LogP contribution < -0.4 is 0 Å². The van der Waals surface area contributed by atoms with Crippen molar-refractivity contribution in [1.29, 1.82) is 0 Å². The molecular formula is C16H32O5Si. The first kappa shape index (κ1) is 21.3. The Morgan fingerprint density at radius 1 is 0.955 bits per heavy atom. The number of carbonyl (C=O) groups excluding carboxylic acids is 1. The van der Waals surface area contributed by atoms with Gasteiger partial charge in [0.25, 0.3) is 0 Å². The van der Waals surface area contributed by atoms with Crippen LogP contribution in [0.3, 0.4) is 0 Å². The zero-order chi connectivity index (χ0) is 17.0. The number of hydrogen-bond acceptors (Lipinski definition) is 5. The molecule has 0 N–H and O–H groups in total. The molecule has 22 heavy (non-hydrogen) atoms. The van der Waals surface area contributed by atoms with Crippen molar-refractivity contribution in [2.24, 2.45) is 0 Å². The molecule has 0 aliphatic carbocycles. The van der Waals surface area contributed by atoms with Gasteiger partial charge in [-0.2, -0.15) is 0 Å². The van der Waals surface area contributed by atoms with Gasteiger partial charge in [0.2, 0.25) is 0 Å². The SMILES string of the molecule is COCCOCOCCCC/C(=C(\C)C(=O)OC)[Si](C)(C)C. The number of carbonyl (C=O) groups is 1. The summed E-state index contributed by atoms with van der Waals surface area (Å²) < 4.78 is 20.4. The van der Waals surface area contributed by atoms with Gasteiger partial charge in [0.15, 0.2) is 0 Å². The Kier molecular flexibility index (Phi) is 11.4. The Morgan fingerprint density at radius 2 is 1.59 bits per heavy atom. The second-order valence-corrected chi connectivity index (χ2v) is 11.3. The molecule has 0 bridgehead atoms. The third kappa shape index (κ3) is 9.35. The highest BCUT2D eigenvalue weighted by Crippen LogP contribution is 2.24. The molecule has 0 aliphatic heterocycles. The molecule has 0 atom stereocenters. The molecule has 0 saturated heterocycles. The normalized spacial score (nSPS) is 13.0. The highest BCUT2D eigenvalue weighted by molar-refractivity contribution is 6.83. The Hall–Kier alpha value is -0.693. The summed E-state index contributed by atoms with van der Waals surface area (Å²) in [6, 6.07) is 0. The fourth-order valence-corrected chi connectivity index (χ4v) is 4.38. The minimum absolute atomic E-state index is 0.208. The number of ether oxygens (including phenoxy) is 4. The van der Waals surface area contributed by atoms with E-state index in [0.717, 1.165) is 24.8 Å². The van der Waals surface area contributed by atoms with Crippen LogP contribution in [-0.2, 0) is 23.7 Å². The second-order valence-electron chi connectivity index (χ2n) is 6.23. The highest BCUT2D eigenvalue weighted by atomic mass is 28.3. The van der Waals surface area contributed by atoms with Crippen LogP contribution >= 0.6 is 0 Å². The molecule has 0 fully saturated rings. The van der Waals surface area contributed by atoms with E-state index in [2.05, 4.69) is 19.6 Å². The van der Waals surface area contributed by atoms with E-state index in [0.29, 0.717) is 26.6 Å². The van der Waals surface area contributed by atoms with Crippen LogP contribution in [0.25, 0.3) is 0 Å². The summed E-state index contributed by atoms with van der Waals surface area (Å²) in [4.78, 5) is 11.8. The van der Waals surface area contributed by atoms with Gasteiger partial charge in [0.1, 0.15) is 6.79 Å². The lowest BCUT2D eigenvalue weighted by atomic mass is 10.2. The van der Waals surface area contributed by atoms with Gasteiger partial charge in [0, 0.05) is 19.3 Å². The number of methoxy groups -OCH3 is 2. The lowest BCUT2D eigenvalue weighted by Crippen LogP contribution is -2.27. The minimum atomic E-state index is -1.52. The average molecular weight is 333 g/mol. The topological polar surface area (TPSA) is 54.0 Å². The van der Waals surface area contributed by atoms with E-state index in [1.165, 1.54) is 12.3 Å². The van der Waals surface area contributed by atoms with Crippen LogP contribution in [0, 0.1) is 0 Å². The highest BCUT2D eigenvalue weighted by Gasteiger charge is 2.24. The van der Waals surface area contributed by atoms with Gasteiger partial charge in [-0.1, -0.05) is 24.8 Å². The molecule has 0 radical (unpaired) electrons. The molecule has 0 unspecified atom stereocenters. The lowest BCUT2D eigenvalue weighted by Gasteiger charge is -2.23. The van der Waals surface area contributed by atoms with E-state index in [4.69, 9.17) is 18.9 Å². The van der Waals surface area contributed by atoms with Gasteiger partial charge in [-0.15, -0.1) is 0 Å². The molecule has 0 saturated carbocycles. The maximum absolute atomic E-state index is 11.8.